The molecule has 0 saturated heterocycles. The van der Waals surface area contributed by atoms with Crippen LogP contribution in [0.1, 0.15) is 17.3 Å². The predicted molar refractivity (Wildman–Crippen MR) is 89.7 cm³/mol. The summed E-state index contributed by atoms with van der Waals surface area (Å²) in [5.74, 6) is 0.265. The van der Waals surface area contributed by atoms with Crippen molar-refractivity contribution in [2.24, 2.45) is 0 Å². The number of carbonyl (C=O) groups is 1. The summed E-state index contributed by atoms with van der Waals surface area (Å²) in [6, 6.07) is 10.1. The molecule has 6 heteroatoms. The van der Waals surface area contributed by atoms with Crippen LogP contribution in [-0.4, -0.2) is 12.5 Å². The molecule has 2 aromatic rings. The maximum absolute atomic E-state index is 12.2. The fourth-order valence-electron chi connectivity index (χ4n) is 1.70. The number of halogens is 3. The highest BCUT2D eigenvalue weighted by Gasteiger charge is 2.11. The molecule has 2 aromatic carbocycles. The fourth-order valence-corrected chi connectivity index (χ4v) is 2.66. The number of benzene rings is 2. The lowest BCUT2D eigenvalue weighted by molar-refractivity contribution is 0.102. The van der Waals surface area contributed by atoms with E-state index in [1.54, 1.807) is 36.4 Å². The quantitative estimate of drug-likeness (QED) is 0.760. The summed E-state index contributed by atoms with van der Waals surface area (Å²) in [7, 11) is 0. The minimum Gasteiger partial charge on any atom is -0.492 e. The number of hydrogen-bond acceptors (Lipinski definition) is 2. The zero-order valence-corrected chi connectivity index (χ0v) is 14.2. The first-order valence-corrected chi connectivity index (χ1v) is 7.75. The summed E-state index contributed by atoms with van der Waals surface area (Å²) < 4.78 is 6.17. The molecule has 0 spiro atoms. The molecule has 2 rings (SSSR count). The Balaban J connectivity index is 2.18. The second kappa shape index (κ2) is 7.16. The van der Waals surface area contributed by atoms with Crippen molar-refractivity contribution in [3.05, 3.63) is 56.5 Å². The molecule has 0 aliphatic heterocycles. The summed E-state index contributed by atoms with van der Waals surface area (Å²) in [5, 5.41) is 3.59. The van der Waals surface area contributed by atoms with Gasteiger partial charge in [-0.1, -0.05) is 39.1 Å². The molecule has 21 heavy (non-hydrogen) atoms. The van der Waals surface area contributed by atoms with E-state index < -0.39 is 0 Å². The van der Waals surface area contributed by atoms with Gasteiger partial charge in [-0.3, -0.25) is 4.79 Å². The Hall–Kier alpha value is -1.23. The molecule has 0 unspecified atom stereocenters. The largest absolute Gasteiger partial charge is 0.492 e. The molecule has 0 atom stereocenters. The number of nitrogens with one attached hydrogen (secondary N) is 1. The van der Waals surface area contributed by atoms with Gasteiger partial charge in [-0.05, 0) is 43.3 Å². The number of anilines is 1. The zero-order valence-electron chi connectivity index (χ0n) is 11.1. The van der Waals surface area contributed by atoms with E-state index in [2.05, 4.69) is 21.2 Å². The number of hydrogen-bond donors (Lipinski definition) is 1. The molecule has 0 aliphatic rings. The van der Waals surface area contributed by atoms with E-state index in [0.717, 1.165) is 4.47 Å². The van der Waals surface area contributed by atoms with Crippen molar-refractivity contribution in [1.82, 2.24) is 0 Å². The number of amides is 1. The Labute approximate surface area is 141 Å². The van der Waals surface area contributed by atoms with E-state index in [9.17, 15) is 4.79 Å². The molecule has 110 valence electrons. The first-order valence-electron chi connectivity index (χ1n) is 6.20. The van der Waals surface area contributed by atoms with E-state index in [0.29, 0.717) is 33.7 Å². The van der Waals surface area contributed by atoms with Crippen LogP contribution >= 0.6 is 39.1 Å². The first kappa shape index (κ1) is 16.1. The molecule has 1 N–H and O–H groups in total. The van der Waals surface area contributed by atoms with Gasteiger partial charge in [0.15, 0.2) is 0 Å². The van der Waals surface area contributed by atoms with Crippen molar-refractivity contribution in [3.63, 3.8) is 0 Å². The topological polar surface area (TPSA) is 38.3 Å². The van der Waals surface area contributed by atoms with Crippen LogP contribution < -0.4 is 10.1 Å². The van der Waals surface area contributed by atoms with Gasteiger partial charge in [0, 0.05) is 10.0 Å². The van der Waals surface area contributed by atoms with E-state index >= 15 is 0 Å². The minimum absolute atomic E-state index is 0.288. The highest BCUT2D eigenvalue weighted by molar-refractivity contribution is 9.10. The van der Waals surface area contributed by atoms with Crippen molar-refractivity contribution < 1.29 is 9.53 Å². The van der Waals surface area contributed by atoms with Gasteiger partial charge >= 0.3 is 0 Å². The van der Waals surface area contributed by atoms with Crippen molar-refractivity contribution in [2.75, 3.05) is 11.9 Å². The van der Waals surface area contributed by atoms with Crippen molar-refractivity contribution in [1.29, 1.82) is 0 Å². The maximum Gasteiger partial charge on any atom is 0.255 e. The second-order valence-electron chi connectivity index (χ2n) is 4.16. The van der Waals surface area contributed by atoms with E-state index in [-0.39, 0.29) is 5.91 Å². The number of carbonyl (C=O) groups excluding carboxylic acids is 1. The summed E-state index contributed by atoms with van der Waals surface area (Å²) in [4.78, 5) is 12.2. The first-order chi connectivity index (χ1) is 10.0. The fraction of sp³-hybridized carbons (Fsp3) is 0.133. The number of ether oxygens (including phenoxy) is 1. The van der Waals surface area contributed by atoms with E-state index in [4.69, 9.17) is 27.9 Å². The van der Waals surface area contributed by atoms with Crippen LogP contribution in [0.4, 0.5) is 5.69 Å². The average Bonchev–Trinajstić information content (AvgIpc) is 2.44. The van der Waals surface area contributed by atoms with Crippen LogP contribution in [0.3, 0.4) is 0 Å². The Morgan fingerprint density at radius 1 is 1.19 bits per heavy atom. The highest BCUT2D eigenvalue weighted by atomic mass is 79.9. The summed E-state index contributed by atoms with van der Waals surface area (Å²) in [6.07, 6.45) is 0. The van der Waals surface area contributed by atoms with Crippen LogP contribution in [0.15, 0.2) is 40.9 Å². The maximum atomic E-state index is 12.2. The molecule has 0 bridgehead atoms. The Kier molecular flexibility index (Phi) is 5.51. The standard InChI is InChI=1S/C15H12BrCl2NO2/c1-2-21-14-6-3-9(7-12(14)18)15(20)19-13-5-4-10(16)8-11(13)17/h3-8H,2H2,1H3,(H,19,20). The predicted octanol–water partition coefficient (Wildman–Crippen LogP) is 5.41. The second-order valence-corrected chi connectivity index (χ2v) is 5.89. The smallest absolute Gasteiger partial charge is 0.255 e. The van der Waals surface area contributed by atoms with Crippen LogP contribution in [0, 0.1) is 0 Å². The third kappa shape index (κ3) is 4.13. The molecule has 0 saturated carbocycles. The van der Waals surface area contributed by atoms with Crippen molar-refractivity contribution in [3.8, 4) is 5.75 Å². The van der Waals surface area contributed by atoms with Gasteiger partial charge in [0.25, 0.3) is 5.91 Å². The molecule has 1 amide bonds. The molecular weight excluding hydrogens is 377 g/mol. The summed E-state index contributed by atoms with van der Waals surface area (Å²) in [6.45, 7) is 2.38. The van der Waals surface area contributed by atoms with E-state index in [1.807, 2.05) is 6.92 Å². The summed E-state index contributed by atoms with van der Waals surface area (Å²) >= 11 is 15.4. The third-order valence-corrected chi connectivity index (χ3v) is 3.77. The molecule has 0 aliphatic carbocycles. The van der Waals surface area contributed by atoms with Gasteiger partial charge in [-0.2, -0.15) is 0 Å². The highest BCUT2D eigenvalue weighted by Crippen LogP contribution is 2.28. The molecule has 0 heterocycles. The Bertz CT molecular complexity index is 677. The SMILES string of the molecule is CCOc1ccc(C(=O)Nc2ccc(Br)cc2Cl)cc1Cl. The van der Waals surface area contributed by atoms with Gasteiger partial charge in [0.05, 0.1) is 22.3 Å². The lowest BCUT2D eigenvalue weighted by atomic mass is 10.2. The van der Waals surface area contributed by atoms with Gasteiger partial charge in [0.1, 0.15) is 5.75 Å². The van der Waals surface area contributed by atoms with Crippen LogP contribution in [0.2, 0.25) is 10.0 Å². The lowest BCUT2D eigenvalue weighted by Gasteiger charge is -2.10. The van der Waals surface area contributed by atoms with Gasteiger partial charge in [-0.15, -0.1) is 0 Å². The lowest BCUT2D eigenvalue weighted by Crippen LogP contribution is -2.12. The van der Waals surface area contributed by atoms with Crippen molar-refractivity contribution in [2.45, 2.75) is 6.92 Å². The normalized spacial score (nSPS) is 10.3. The van der Waals surface area contributed by atoms with Gasteiger partial charge in [0.2, 0.25) is 0 Å². The molecule has 0 radical (unpaired) electrons. The van der Waals surface area contributed by atoms with Gasteiger partial charge < -0.3 is 10.1 Å². The zero-order chi connectivity index (χ0) is 15.4. The average molecular weight is 389 g/mol. The third-order valence-electron chi connectivity index (χ3n) is 2.67. The molecule has 0 aromatic heterocycles. The van der Waals surface area contributed by atoms with Crippen LogP contribution in [0.5, 0.6) is 5.75 Å². The summed E-state index contributed by atoms with van der Waals surface area (Å²) in [5.41, 5.74) is 0.970. The van der Waals surface area contributed by atoms with Crippen LogP contribution in [-0.2, 0) is 0 Å². The Morgan fingerprint density at radius 2 is 1.95 bits per heavy atom. The van der Waals surface area contributed by atoms with E-state index in [1.165, 1.54) is 0 Å². The molecule has 3 nitrogen and oxygen atoms in total. The monoisotopic (exact) mass is 387 g/mol. The van der Waals surface area contributed by atoms with Crippen molar-refractivity contribution >= 4 is 50.7 Å². The minimum atomic E-state index is -0.288. The van der Waals surface area contributed by atoms with Gasteiger partial charge in [-0.25, -0.2) is 0 Å². The number of rotatable bonds is 4. The molecule has 0 fully saturated rings. The Morgan fingerprint density at radius 3 is 2.57 bits per heavy atom. The van der Waals surface area contributed by atoms with Crippen LogP contribution in [0.25, 0.3) is 0 Å². The molecular formula is C15H12BrCl2NO2.